The first-order valence-corrected chi connectivity index (χ1v) is 43.5. The summed E-state index contributed by atoms with van der Waals surface area (Å²) in [6, 6.07) is 55.7. The van der Waals surface area contributed by atoms with Crippen LogP contribution in [0.25, 0.3) is 45.0 Å². The van der Waals surface area contributed by atoms with Crippen molar-refractivity contribution in [1.29, 1.82) is 0 Å². The number of piperidine rings is 4. The Morgan fingerprint density at radius 1 is 0.323 bits per heavy atom. The number of fused-ring (bicyclic) bond motifs is 16. The molecule has 127 heavy (non-hydrogen) atoms. The number of hydrogen-bond donors (Lipinski definition) is 4. The van der Waals surface area contributed by atoms with Crippen molar-refractivity contribution in [3.8, 4) is 45.0 Å². The van der Waals surface area contributed by atoms with Crippen molar-refractivity contribution in [3.05, 3.63) is 306 Å². The molecule has 8 aliphatic rings. The van der Waals surface area contributed by atoms with Crippen LogP contribution in [0.15, 0.2) is 213 Å². The number of aryl methyl sites for hydroxylation is 1. The lowest BCUT2D eigenvalue weighted by molar-refractivity contribution is -0.138. The Hall–Kier alpha value is -12.7. The van der Waals surface area contributed by atoms with E-state index in [-0.39, 0.29) is 56.4 Å². The SMILES string of the molecule is CNc1ncc2c(n1)-c1ccccc1C1(CCN(C(=O)c3ccc(C(F)(F)F)cc3)CC1)C2.CNc1ncc2c(n1)-c1ccccc1C1(CCN(C(=O)c3ccc(Cl)c(Cl)c3)CC1)C2.CNc1ncc2c(n1)-c1ccccc1C1(CCN(C(=O)c3cccc(C(F)(F)F)c3)CC1)C2.CNc1ncc2c(n1)-c1ccccc1C1(CCN(C(=O)c3cccc(C)c3)CC1)C2. The largest absolute Gasteiger partial charge is 0.416 e. The second kappa shape index (κ2) is 35.3. The molecule has 4 aromatic heterocycles. The van der Waals surface area contributed by atoms with E-state index in [0.717, 1.165) is 171 Å². The number of aromatic nitrogens is 8. The number of likely N-dealkylation sites (tertiary alicyclic amines) is 4. The van der Waals surface area contributed by atoms with Crippen LogP contribution < -0.4 is 21.3 Å². The van der Waals surface area contributed by atoms with Crippen LogP contribution in [-0.2, 0) is 59.7 Å². The molecule has 12 aromatic rings. The zero-order chi connectivity index (χ0) is 88.7. The number of carbonyl (C=O) groups is 4. The molecule has 4 saturated heterocycles. The van der Waals surface area contributed by atoms with E-state index < -0.39 is 23.5 Å². The second-order valence-electron chi connectivity index (χ2n) is 34.1. The molecule has 0 atom stereocenters. The summed E-state index contributed by atoms with van der Waals surface area (Å²) in [6.07, 6.45) is 8.83. The summed E-state index contributed by atoms with van der Waals surface area (Å²) in [7, 11) is 7.26. The first kappa shape index (κ1) is 86.4. The van der Waals surface area contributed by atoms with Gasteiger partial charge in [0.2, 0.25) is 23.8 Å². The van der Waals surface area contributed by atoms with Crippen LogP contribution in [0.3, 0.4) is 0 Å². The highest BCUT2D eigenvalue weighted by atomic mass is 35.5. The van der Waals surface area contributed by atoms with Crippen molar-refractivity contribution in [2.24, 2.45) is 0 Å². The van der Waals surface area contributed by atoms with Gasteiger partial charge in [0.15, 0.2) is 0 Å². The normalized spacial score (nSPS) is 16.7. The Balaban J connectivity index is 0.000000119. The number of rotatable bonds is 8. The number of nitrogens with one attached hydrogen (secondary N) is 4. The number of alkyl halides is 6. The summed E-state index contributed by atoms with van der Waals surface area (Å²) in [5.41, 5.74) is 19.2. The monoisotopic (exact) mass is 1750 g/mol. The Morgan fingerprint density at radius 2 is 0.606 bits per heavy atom. The van der Waals surface area contributed by atoms with Crippen LogP contribution in [0.5, 0.6) is 0 Å². The molecule has 28 heteroatoms. The number of hydrogen-bond acceptors (Lipinski definition) is 16. The van der Waals surface area contributed by atoms with Crippen LogP contribution in [0.2, 0.25) is 10.0 Å². The summed E-state index contributed by atoms with van der Waals surface area (Å²) in [4.78, 5) is 96.0. The van der Waals surface area contributed by atoms with Crippen molar-refractivity contribution in [2.75, 3.05) is 102 Å². The number of halogens is 8. The zero-order valence-corrected chi connectivity index (χ0v) is 72.4. The Bertz CT molecular complexity index is 6200. The lowest BCUT2D eigenvalue weighted by atomic mass is 9.64. The van der Waals surface area contributed by atoms with E-state index in [4.69, 9.17) is 38.2 Å². The molecule has 0 saturated carbocycles. The van der Waals surface area contributed by atoms with E-state index in [0.29, 0.717) is 78.7 Å². The summed E-state index contributed by atoms with van der Waals surface area (Å²) in [5.74, 6) is 1.98. The number of anilines is 4. The van der Waals surface area contributed by atoms with E-state index in [1.54, 1.807) is 42.1 Å². The topological polar surface area (TPSA) is 232 Å². The van der Waals surface area contributed by atoms with Gasteiger partial charge in [-0.05, 0) is 201 Å². The van der Waals surface area contributed by atoms with Gasteiger partial charge in [0.25, 0.3) is 23.6 Å². The molecule has 20 rings (SSSR count). The van der Waals surface area contributed by atoms with Crippen LogP contribution >= 0.6 is 23.2 Å². The van der Waals surface area contributed by atoms with Crippen LogP contribution in [0.1, 0.15) is 154 Å². The predicted octanol–water partition coefficient (Wildman–Crippen LogP) is 19.3. The van der Waals surface area contributed by atoms with E-state index in [1.807, 2.05) is 104 Å². The second-order valence-corrected chi connectivity index (χ2v) is 34.9. The van der Waals surface area contributed by atoms with Crippen LogP contribution in [0, 0.1) is 6.92 Å². The molecular weight excluding hydrogens is 1660 g/mol. The quantitative estimate of drug-likeness (QED) is 0.104. The molecule has 0 unspecified atom stereocenters. The van der Waals surface area contributed by atoms with Gasteiger partial charge in [0.05, 0.1) is 43.9 Å². The molecule has 4 aliphatic heterocycles. The summed E-state index contributed by atoms with van der Waals surface area (Å²) in [5, 5.41) is 12.9. The Morgan fingerprint density at radius 3 is 0.906 bits per heavy atom. The highest BCUT2D eigenvalue weighted by Gasteiger charge is 2.48. The minimum Gasteiger partial charge on any atom is -0.357 e. The first-order valence-electron chi connectivity index (χ1n) is 42.8. The number of carbonyl (C=O) groups excluding carboxylic acids is 4. The smallest absolute Gasteiger partial charge is 0.357 e. The predicted molar refractivity (Wildman–Crippen MR) is 481 cm³/mol. The fourth-order valence-electron chi connectivity index (χ4n) is 20.1. The average Bonchev–Trinajstić information content (AvgIpc) is 0.747. The maximum absolute atomic E-state index is 13.1. The zero-order valence-electron chi connectivity index (χ0n) is 70.9. The van der Waals surface area contributed by atoms with Gasteiger partial charge in [0.1, 0.15) is 0 Å². The first-order chi connectivity index (χ1) is 61.2. The van der Waals surface area contributed by atoms with Crippen molar-refractivity contribution in [3.63, 3.8) is 0 Å². The fourth-order valence-corrected chi connectivity index (χ4v) is 20.4. The summed E-state index contributed by atoms with van der Waals surface area (Å²) < 4.78 is 77.8. The van der Waals surface area contributed by atoms with E-state index in [1.165, 1.54) is 68.8 Å². The fraction of sp³-hybridized carbons (Fsp3) is 0.313. The highest BCUT2D eigenvalue weighted by molar-refractivity contribution is 6.42. The van der Waals surface area contributed by atoms with E-state index in [9.17, 15) is 45.5 Å². The summed E-state index contributed by atoms with van der Waals surface area (Å²) in [6.45, 7) is 6.99. The van der Waals surface area contributed by atoms with Gasteiger partial charge in [-0.1, -0.05) is 144 Å². The third-order valence-electron chi connectivity index (χ3n) is 26.8. The van der Waals surface area contributed by atoms with Crippen LogP contribution in [-0.4, -0.2) is 164 Å². The summed E-state index contributed by atoms with van der Waals surface area (Å²) >= 11 is 12.1. The molecule has 650 valence electrons. The van der Waals surface area contributed by atoms with E-state index >= 15 is 0 Å². The van der Waals surface area contributed by atoms with Gasteiger partial charge in [-0.2, -0.15) is 26.3 Å². The van der Waals surface area contributed by atoms with Gasteiger partial charge < -0.3 is 40.9 Å². The molecule has 8 heterocycles. The average molecular weight is 1760 g/mol. The third-order valence-corrected chi connectivity index (χ3v) is 27.6. The van der Waals surface area contributed by atoms with Crippen molar-refractivity contribution >= 4 is 70.6 Å². The van der Waals surface area contributed by atoms with Gasteiger partial charge in [-0.25, -0.2) is 39.9 Å². The molecule has 0 radical (unpaired) electrons. The maximum atomic E-state index is 13.1. The van der Waals surface area contributed by atoms with E-state index in [2.05, 4.69) is 119 Å². The van der Waals surface area contributed by atoms with Crippen molar-refractivity contribution in [2.45, 2.75) is 118 Å². The number of benzene rings is 8. The highest BCUT2D eigenvalue weighted by Crippen LogP contribution is 2.53. The Labute approximate surface area is 742 Å². The lowest BCUT2D eigenvalue weighted by Gasteiger charge is -2.45. The van der Waals surface area contributed by atoms with Crippen molar-refractivity contribution in [1.82, 2.24) is 59.5 Å². The molecule has 4 aliphatic carbocycles. The molecule has 4 amide bonds. The third kappa shape index (κ3) is 17.1. The van der Waals surface area contributed by atoms with Crippen molar-refractivity contribution < 1.29 is 45.5 Å². The van der Waals surface area contributed by atoms with Crippen LogP contribution in [0.4, 0.5) is 50.1 Å². The number of amides is 4. The molecule has 20 nitrogen and oxygen atoms in total. The standard InChI is InChI=1S/2C25H23F3N4O.C25H26N4O.C24H22Cl2N4O/c1-29-23-30-15-17-14-24(20-8-3-2-7-19(20)21(17)31-23)9-11-32(12-10-24)22(33)16-5-4-6-18(13-16)25(26,27)28;1-29-23-30-15-17-14-24(20-5-3-2-4-19(20)21(17)31-23)10-12-32(13-11-24)22(33)16-6-8-18(9-7-16)25(26,27)28;1-17-6-5-7-18(14-17)23(30)29-12-10-25(11-13-29)15-19-16-27-24(26-2)28-22(19)20-8-3-4-9-21(20)25;1-27-23-28-14-16-13-24(18-5-3-2-4-17(18)21(16)29-23)8-10-30(11-9-24)22(31)15-6-7-19(25)20(26)12-15/h2-8,13,15H,9-12,14H2,1H3,(H,29,30,31);2-9,15H,10-14H2,1H3,(H,29,30,31);3-9,14,16H,10-13,15H2,1-2H3,(H,26,27,28);2-7,12,14H,8-11,13H2,1H3,(H,27,28,29). The maximum Gasteiger partial charge on any atom is 0.416 e. The molecule has 0 bridgehead atoms. The van der Waals surface area contributed by atoms with Gasteiger partial charge in [0, 0.05) is 172 Å². The Kier molecular flexibility index (Phi) is 24.0. The molecular formula is C99H94Cl2F6N16O4. The molecule has 4 fully saturated rings. The number of nitrogens with zero attached hydrogens (tertiary/aromatic N) is 12. The van der Waals surface area contributed by atoms with Gasteiger partial charge >= 0.3 is 12.4 Å². The minimum atomic E-state index is -4.48. The van der Waals surface area contributed by atoms with Gasteiger partial charge in [-0.3, -0.25) is 19.2 Å². The minimum absolute atomic E-state index is 0.0000864. The molecule has 8 aromatic carbocycles. The molecule has 4 N–H and O–H groups in total. The van der Waals surface area contributed by atoms with Gasteiger partial charge in [-0.15, -0.1) is 0 Å². The molecule has 4 spiro atoms. The lowest BCUT2D eigenvalue weighted by Crippen LogP contribution is -2.47.